The normalized spacial score (nSPS) is 12.7. The minimum absolute atomic E-state index is 0.174. The fourth-order valence-corrected chi connectivity index (χ4v) is 2.65. The van der Waals surface area contributed by atoms with Crippen LogP contribution in [0.1, 0.15) is 30.4 Å². The largest absolute Gasteiger partial charge is 0.352 e. The van der Waals surface area contributed by atoms with Gasteiger partial charge >= 0.3 is 0 Å². The lowest BCUT2D eigenvalue weighted by Gasteiger charge is -2.21. The number of nitrogens with two attached hydrogens (primary N) is 1. The molecule has 2 rings (SSSR count). The molecule has 116 valence electrons. The van der Waals surface area contributed by atoms with Crippen LogP contribution in [-0.2, 0) is 27.1 Å². The second kappa shape index (κ2) is 6.30. The Morgan fingerprint density at radius 2 is 2.10 bits per heavy atom. The Kier molecular flexibility index (Phi) is 4.67. The molecule has 21 heavy (non-hydrogen) atoms. The smallest absolute Gasteiger partial charge is 0.130 e. The van der Waals surface area contributed by atoms with Gasteiger partial charge in [0.05, 0.1) is 12.2 Å². The zero-order chi connectivity index (χ0) is 15.6. The van der Waals surface area contributed by atoms with Crippen molar-refractivity contribution in [2.24, 2.45) is 19.8 Å². The van der Waals surface area contributed by atoms with E-state index in [2.05, 4.69) is 35.9 Å². The molecular formula is C15H26N6. The lowest BCUT2D eigenvalue weighted by Crippen LogP contribution is -2.26. The molecule has 0 bridgehead atoms. The SMILES string of the molecule is CCC(N)Cc1c(C)nn(C)c1N(C)Cc1nccn1C. The lowest BCUT2D eigenvalue weighted by atomic mass is 10.0. The molecule has 0 amide bonds. The van der Waals surface area contributed by atoms with Crippen LogP contribution in [0.4, 0.5) is 5.82 Å². The van der Waals surface area contributed by atoms with E-state index in [1.54, 1.807) is 0 Å². The van der Waals surface area contributed by atoms with E-state index in [1.807, 2.05) is 35.7 Å². The van der Waals surface area contributed by atoms with Gasteiger partial charge in [-0.05, 0) is 19.8 Å². The monoisotopic (exact) mass is 290 g/mol. The summed E-state index contributed by atoms with van der Waals surface area (Å²) in [5.74, 6) is 2.15. The Morgan fingerprint density at radius 3 is 2.67 bits per heavy atom. The molecule has 0 saturated heterocycles. The van der Waals surface area contributed by atoms with Crippen LogP contribution in [0.5, 0.6) is 0 Å². The highest BCUT2D eigenvalue weighted by Gasteiger charge is 2.19. The number of anilines is 1. The highest BCUT2D eigenvalue weighted by atomic mass is 15.4. The molecular weight excluding hydrogens is 264 g/mol. The molecule has 0 fully saturated rings. The van der Waals surface area contributed by atoms with Gasteiger partial charge in [-0.2, -0.15) is 5.10 Å². The summed E-state index contributed by atoms with van der Waals surface area (Å²) in [7, 11) is 6.07. The summed E-state index contributed by atoms with van der Waals surface area (Å²) in [6, 6.07) is 0.174. The van der Waals surface area contributed by atoms with E-state index in [0.29, 0.717) is 0 Å². The van der Waals surface area contributed by atoms with Gasteiger partial charge in [0.25, 0.3) is 0 Å². The van der Waals surface area contributed by atoms with Crippen LogP contribution >= 0.6 is 0 Å². The topological polar surface area (TPSA) is 64.9 Å². The Morgan fingerprint density at radius 1 is 1.38 bits per heavy atom. The van der Waals surface area contributed by atoms with Gasteiger partial charge in [-0.15, -0.1) is 0 Å². The van der Waals surface area contributed by atoms with Gasteiger partial charge in [0, 0.05) is 45.1 Å². The van der Waals surface area contributed by atoms with Crippen molar-refractivity contribution >= 4 is 5.82 Å². The van der Waals surface area contributed by atoms with E-state index in [4.69, 9.17) is 5.73 Å². The van der Waals surface area contributed by atoms with Gasteiger partial charge in [-0.1, -0.05) is 6.92 Å². The average Bonchev–Trinajstić information content (AvgIpc) is 2.94. The fraction of sp³-hybridized carbons (Fsp3) is 0.600. The molecule has 0 aliphatic heterocycles. The highest BCUT2D eigenvalue weighted by molar-refractivity contribution is 5.50. The van der Waals surface area contributed by atoms with Crippen molar-refractivity contribution < 1.29 is 0 Å². The summed E-state index contributed by atoms with van der Waals surface area (Å²) in [5, 5.41) is 4.56. The summed E-state index contributed by atoms with van der Waals surface area (Å²) in [5.41, 5.74) is 8.44. The van der Waals surface area contributed by atoms with Crippen molar-refractivity contribution in [3.63, 3.8) is 0 Å². The fourth-order valence-electron chi connectivity index (χ4n) is 2.65. The van der Waals surface area contributed by atoms with Crippen molar-refractivity contribution in [1.29, 1.82) is 0 Å². The minimum atomic E-state index is 0.174. The lowest BCUT2D eigenvalue weighted by molar-refractivity contribution is 0.641. The number of aromatic nitrogens is 4. The predicted molar refractivity (Wildman–Crippen MR) is 85.2 cm³/mol. The summed E-state index contributed by atoms with van der Waals surface area (Å²) in [4.78, 5) is 6.59. The van der Waals surface area contributed by atoms with Crippen LogP contribution in [-0.4, -0.2) is 32.4 Å². The standard InChI is InChI=1S/C15H26N6/c1-6-12(16)9-13-11(2)18-21(5)15(13)20(4)10-14-17-7-8-19(14)3/h7-8,12H,6,9-10,16H2,1-5H3. The number of aryl methyl sites for hydroxylation is 3. The van der Waals surface area contributed by atoms with Crippen LogP contribution in [0.3, 0.4) is 0 Å². The molecule has 0 radical (unpaired) electrons. The first-order valence-electron chi connectivity index (χ1n) is 7.39. The molecule has 0 aliphatic rings. The number of nitrogens with zero attached hydrogens (tertiary/aromatic N) is 5. The Labute approximate surface area is 126 Å². The summed E-state index contributed by atoms with van der Waals surface area (Å²) >= 11 is 0. The Bertz CT molecular complexity index is 597. The average molecular weight is 290 g/mol. The first kappa shape index (κ1) is 15.6. The van der Waals surface area contributed by atoms with Gasteiger partial charge in [0.2, 0.25) is 0 Å². The van der Waals surface area contributed by atoms with E-state index in [0.717, 1.165) is 36.7 Å². The molecule has 0 spiro atoms. The van der Waals surface area contributed by atoms with Crippen LogP contribution in [0.15, 0.2) is 12.4 Å². The maximum absolute atomic E-state index is 6.14. The third-order valence-corrected chi connectivity index (χ3v) is 3.96. The van der Waals surface area contributed by atoms with Crippen molar-refractivity contribution in [3.05, 3.63) is 29.5 Å². The second-order valence-electron chi connectivity index (χ2n) is 5.69. The van der Waals surface area contributed by atoms with E-state index >= 15 is 0 Å². The summed E-state index contributed by atoms with van der Waals surface area (Å²) in [6.07, 6.45) is 5.62. The van der Waals surface area contributed by atoms with Gasteiger partial charge in [-0.3, -0.25) is 4.68 Å². The van der Waals surface area contributed by atoms with E-state index in [-0.39, 0.29) is 6.04 Å². The van der Waals surface area contributed by atoms with Crippen LogP contribution in [0.25, 0.3) is 0 Å². The van der Waals surface area contributed by atoms with Crippen molar-refractivity contribution in [2.45, 2.75) is 39.3 Å². The number of imidazole rings is 1. The molecule has 6 nitrogen and oxygen atoms in total. The zero-order valence-corrected chi connectivity index (χ0v) is 13.7. The Balaban J connectivity index is 2.27. The van der Waals surface area contributed by atoms with E-state index in [9.17, 15) is 0 Å². The van der Waals surface area contributed by atoms with Gasteiger partial charge in [0.15, 0.2) is 0 Å². The maximum Gasteiger partial charge on any atom is 0.130 e. The van der Waals surface area contributed by atoms with Gasteiger partial charge in [-0.25, -0.2) is 4.98 Å². The molecule has 2 aromatic rings. The summed E-state index contributed by atoms with van der Waals surface area (Å²) < 4.78 is 3.98. The first-order valence-corrected chi connectivity index (χ1v) is 7.39. The molecule has 2 N–H and O–H groups in total. The molecule has 6 heteroatoms. The highest BCUT2D eigenvalue weighted by Crippen LogP contribution is 2.25. The van der Waals surface area contributed by atoms with Gasteiger partial charge in [0.1, 0.15) is 11.6 Å². The molecule has 1 unspecified atom stereocenters. The zero-order valence-electron chi connectivity index (χ0n) is 13.7. The molecule has 2 aromatic heterocycles. The molecule has 2 heterocycles. The predicted octanol–water partition coefficient (Wildman–Crippen LogP) is 1.38. The quantitative estimate of drug-likeness (QED) is 0.873. The maximum atomic E-state index is 6.14. The van der Waals surface area contributed by atoms with Crippen LogP contribution in [0, 0.1) is 6.92 Å². The van der Waals surface area contributed by atoms with E-state index in [1.165, 1.54) is 5.56 Å². The van der Waals surface area contributed by atoms with Crippen LogP contribution in [0.2, 0.25) is 0 Å². The number of hydrogen-bond donors (Lipinski definition) is 1. The third-order valence-electron chi connectivity index (χ3n) is 3.96. The number of hydrogen-bond acceptors (Lipinski definition) is 4. The molecule has 0 saturated carbocycles. The minimum Gasteiger partial charge on any atom is -0.352 e. The van der Waals surface area contributed by atoms with Crippen molar-refractivity contribution in [1.82, 2.24) is 19.3 Å². The third kappa shape index (κ3) is 3.26. The second-order valence-corrected chi connectivity index (χ2v) is 5.69. The number of rotatable bonds is 6. The molecule has 0 aromatic carbocycles. The van der Waals surface area contributed by atoms with Gasteiger partial charge < -0.3 is 15.2 Å². The Hall–Kier alpha value is -1.82. The molecule has 0 aliphatic carbocycles. The van der Waals surface area contributed by atoms with E-state index < -0.39 is 0 Å². The first-order chi connectivity index (χ1) is 9.93. The van der Waals surface area contributed by atoms with Crippen molar-refractivity contribution in [3.8, 4) is 0 Å². The summed E-state index contributed by atoms with van der Waals surface area (Å²) in [6.45, 7) is 4.92. The molecule has 1 atom stereocenters. The van der Waals surface area contributed by atoms with Crippen molar-refractivity contribution in [2.75, 3.05) is 11.9 Å². The van der Waals surface area contributed by atoms with Crippen LogP contribution < -0.4 is 10.6 Å².